The molecule has 1 saturated carbocycles. The molecule has 0 radical (unpaired) electrons. The van der Waals surface area contributed by atoms with Crippen LogP contribution in [0.4, 0.5) is 0 Å². The van der Waals surface area contributed by atoms with Gasteiger partial charge in [0.2, 0.25) is 0 Å². The van der Waals surface area contributed by atoms with E-state index in [9.17, 15) is 4.21 Å². The maximum Gasteiger partial charge on any atom is 0.0263 e. The highest BCUT2D eigenvalue weighted by atomic mass is 32.2. The maximum absolute atomic E-state index is 11.0. The van der Waals surface area contributed by atoms with Crippen molar-refractivity contribution in [2.24, 2.45) is 11.8 Å². The Hall–Kier alpha value is 0.150. The Labute approximate surface area is 58.3 Å². The third-order valence-corrected chi connectivity index (χ3v) is 4.18. The van der Waals surface area contributed by atoms with Gasteiger partial charge in [-0.25, -0.2) is 0 Å². The molecule has 52 valence electrons. The molecule has 2 aliphatic rings. The van der Waals surface area contributed by atoms with Gasteiger partial charge in [-0.3, -0.25) is 4.21 Å². The molecule has 1 nitrogen and oxygen atoms in total. The van der Waals surface area contributed by atoms with Crippen molar-refractivity contribution in [1.82, 2.24) is 0 Å². The lowest BCUT2D eigenvalue weighted by Crippen LogP contribution is -2.20. The number of rotatable bonds is 0. The third kappa shape index (κ3) is 1.05. The molecular weight excluding hydrogens is 132 g/mol. The quantitative estimate of drug-likeness (QED) is 0.498. The van der Waals surface area contributed by atoms with Crippen molar-refractivity contribution in [3.05, 3.63) is 0 Å². The Bertz CT molecular complexity index is 130. The van der Waals surface area contributed by atoms with Crippen molar-refractivity contribution >= 4 is 10.8 Å². The average molecular weight is 144 g/mol. The minimum atomic E-state index is -0.438. The highest BCUT2D eigenvalue weighted by Crippen LogP contribution is 2.35. The first-order chi connectivity index (χ1) is 4.34. The Balaban J connectivity index is 2.11. The summed E-state index contributed by atoms with van der Waals surface area (Å²) in [6.07, 6.45) is 4.10. The lowest BCUT2D eigenvalue weighted by molar-refractivity contribution is 0.531. The average Bonchev–Trinajstić information content (AvgIpc) is 2.11. The normalized spacial score (nSPS) is 49.6. The molecule has 2 heteroatoms. The third-order valence-electron chi connectivity index (χ3n) is 2.49. The first-order valence-corrected chi connectivity index (χ1v) is 5.18. The molecule has 0 N–H and O–H groups in total. The van der Waals surface area contributed by atoms with E-state index in [4.69, 9.17) is 0 Å². The van der Waals surface area contributed by atoms with Gasteiger partial charge in [0.15, 0.2) is 0 Å². The monoisotopic (exact) mass is 144 g/mol. The molecule has 0 aromatic carbocycles. The highest BCUT2D eigenvalue weighted by Gasteiger charge is 2.31. The summed E-state index contributed by atoms with van der Waals surface area (Å²) >= 11 is 0. The van der Waals surface area contributed by atoms with Crippen LogP contribution in [0.5, 0.6) is 0 Å². The summed E-state index contributed by atoms with van der Waals surface area (Å²) in [5, 5.41) is 0. The molecule has 2 rings (SSSR count). The zero-order valence-corrected chi connectivity index (χ0v) is 6.32. The second-order valence-corrected chi connectivity index (χ2v) is 4.86. The van der Waals surface area contributed by atoms with Crippen molar-refractivity contribution in [1.29, 1.82) is 0 Å². The largest absolute Gasteiger partial charge is 0.260 e. The highest BCUT2D eigenvalue weighted by molar-refractivity contribution is 7.85. The van der Waals surface area contributed by atoms with E-state index in [1.807, 2.05) is 0 Å². The van der Waals surface area contributed by atoms with Gasteiger partial charge < -0.3 is 0 Å². The Morgan fingerprint density at radius 3 is 2.22 bits per heavy atom. The van der Waals surface area contributed by atoms with Crippen molar-refractivity contribution in [2.45, 2.75) is 19.3 Å². The van der Waals surface area contributed by atoms with Crippen LogP contribution in [0.1, 0.15) is 19.3 Å². The van der Waals surface area contributed by atoms with Crippen LogP contribution < -0.4 is 0 Å². The molecule has 0 aromatic rings. The van der Waals surface area contributed by atoms with Crippen molar-refractivity contribution in [2.75, 3.05) is 11.5 Å². The Morgan fingerprint density at radius 2 is 1.67 bits per heavy atom. The van der Waals surface area contributed by atoms with E-state index in [-0.39, 0.29) is 0 Å². The second-order valence-electron chi connectivity index (χ2n) is 3.32. The van der Waals surface area contributed by atoms with Gasteiger partial charge >= 0.3 is 0 Å². The van der Waals surface area contributed by atoms with Crippen molar-refractivity contribution in [3.8, 4) is 0 Å². The first kappa shape index (κ1) is 5.90. The van der Waals surface area contributed by atoms with E-state index in [0.29, 0.717) is 0 Å². The van der Waals surface area contributed by atoms with E-state index >= 15 is 0 Å². The van der Waals surface area contributed by atoms with E-state index < -0.39 is 10.8 Å². The smallest absolute Gasteiger partial charge is 0.0263 e. The molecule has 9 heavy (non-hydrogen) atoms. The molecule has 1 aliphatic heterocycles. The molecule has 0 aromatic heterocycles. The predicted molar refractivity (Wildman–Crippen MR) is 38.7 cm³/mol. The van der Waals surface area contributed by atoms with E-state index in [1.54, 1.807) is 0 Å². The van der Waals surface area contributed by atoms with Crippen LogP contribution in [0.2, 0.25) is 0 Å². The number of hydrogen-bond donors (Lipinski definition) is 0. The molecule has 2 bridgehead atoms. The topological polar surface area (TPSA) is 17.1 Å². The zero-order valence-electron chi connectivity index (χ0n) is 5.51. The fourth-order valence-electron chi connectivity index (χ4n) is 2.08. The standard InChI is InChI=1S/C7H12OS/c8-9-4-6-1-2-7(3-6)5-9/h6-7H,1-5H2/t6-,7-/m0/s1. The van der Waals surface area contributed by atoms with Gasteiger partial charge in [-0.2, -0.15) is 0 Å². The zero-order chi connectivity index (χ0) is 6.27. The number of fused-ring (bicyclic) bond motifs is 2. The minimum Gasteiger partial charge on any atom is -0.260 e. The van der Waals surface area contributed by atoms with Gasteiger partial charge in [-0.1, -0.05) is 0 Å². The van der Waals surface area contributed by atoms with Gasteiger partial charge in [0.25, 0.3) is 0 Å². The molecule has 2 fully saturated rings. The maximum atomic E-state index is 11.0. The summed E-state index contributed by atoms with van der Waals surface area (Å²) in [7, 11) is -0.438. The fraction of sp³-hybridized carbons (Fsp3) is 1.00. The van der Waals surface area contributed by atoms with E-state index in [0.717, 1.165) is 23.3 Å². The fourth-order valence-corrected chi connectivity index (χ4v) is 3.87. The number of hydrogen-bond acceptors (Lipinski definition) is 1. The first-order valence-electron chi connectivity index (χ1n) is 3.69. The van der Waals surface area contributed by atoms with Crippen molar-refractivity contribution < 1.29 is 4.21 Å². The molecule has 0 spiro atoms. The summed E-state index contributed by atoms with van der Waals surface area (Å²) < 4.78 is 11.0. The molecule has 0 unspecified atom stereocenters. The lowest BCUT2D eigenvalue weighted by Gasteiger charge is -2.16. The predicted octanol–water partition coefficient (Wildman–Crippen LogP) is 1.17. The van der Waals surface area contributed by atoms with Gasteiger partial charge in [0.1, 0.15) is 0 Å². The van der Waals surface area contributed by atoms with Crippen LogP contribution in [0.3, 0.4) is 0 Å². The van der Waals surface area contributed by atoms with E-state index in [1.165, 1.54) is 19.3 Å². The summed E-state index contributed by atoms with van der Waals surface area (Å²) in [5.74, 6) is 3.70. The SMILES string of the molecule is O=S1C[C@H]2CC[C@@H](C2)C1. The van der Waals surface area contributed by atoms with Gasteiger partial charge in [0, 0.05) is 22.3 Å². The van der Waals surface area contributed by atoms with Crippen LogP contribution in [-0.4, -0.2) is 15.7 Å². The van der Waals surface area contributed by atoms with Crippen molar-refractivity contribution in [3.63, 3.8) is 0 Å². The second kappa shape index (κ2) is 2.08. The van der Waals surface area contributed by atoms with E-state index in [2.05, 4.69) is 0 Å². The Morgan fingerprint density at radius 1 is 1.11 bits per heavy atom. The lowest BCUT2D eigenvalue weighted by atomic mass is 10.1. The molecular formula is C7H12OS. The van der Waals surface area contributed by atoms with Gasteiger partial charge in [-0.15, -0.1) is 0 Å². The summed E-state index contributed by atoms with van der Waals surface area (Å²) in [6.45, 7) is 0. The minimum absolute atomic E-state index is 0.438. The molecule has 0 amide bonds. The van der Waals surface area contributed by atoms with Crippen LogP contribution in [0.25, 0.3) is 0 Å². The summed E-state index contributed by atoms with van der Waals surface area (Å²) in [6, 6.07) is 0. The molecule has 2 atom stereocenters. The molecule has 1 heterocycles. The summed E-state index contributed by atoms with van der Waals surface area (Å²) in [4.78, 5) is 0. The van der Waals surface area contributed by atoms with Gasteiger partial charge in [-0.05, 0) is 31.1 Å². The molecule has 1 aliphatic carbocycles. The van der Waals surface area contributed by atoms with Crippen LogP contribution in [0, 0.1) is 11.8 Å². The van der Waals surface area contributed by atoms with Crippen LogP contribution >= 0.6 is 0 Å². The van der Waals surface area contributed by atoms with Crippen LogP contribution in [-0.2, 0) is 10.8 Å². The summed E-state index contributed by atoms with van der Waals surface area (Å²) in [5.41, 5.74) is 0. The molecule has 1 saturated heterocycles. The van der Waals surface area contributed by atoms with Gasteiger partial charge in [0.05, 0.1) is 0 Å². The van der Waals surface area contributed by atoms with Crippen LogP contribution in [0.15, 0.2) is 0 Å². The Kier molecular flexibility index (Phi) is 1.36.